The van der Waals surface area contributed by atoms with Gasteiger partial charge in [0.25, 0.3) is 14.1 Å². The van der Waals surface area contributed by atoms with Crippen LogP contribution >= 0.6 is 8.53 Å². The highest BCUT2D eigenvalue weighted by Crippen LogP contribution is 2.50. The molecule has 1 saturated heterocycles. The number of rotatable bonds is 22. The molecule has 1 aliphatic rings. The summed E-state index contributed by atoms with van der Waals surface area (Å²) in [5, 5.41) is 12.1. The fourth-order valence-electron chi connectivity index (χ4n) is 7.58. The predicted molar refractivity (Wildman–Crippen MR) is 248 cm³/mol. The van der Waals surface area contributed by atoms with E-state index in [4.69, 9.17) is 28.0 Å². The minimum absolute atomic E-state index is 0.0140. The van der Waals surface area contributed by atoms with Gasteiger partial charge in [0.2, 0.25) is 5.91 Å². The number of hydrogen-bond donors (Lipinski definition) is 3. The molecule has 3 heterocycles. The third-order valence-electron chi connectivity index (χ3n) is 10.6. The number of H-pyrrole nitrogens is 2. The minimum Gasteiger partial charge on any atom is -0.497 e. The van der Waals surface area contributed by atoms with Crippen molar-refractivity contribution in [3.8, 4) is 17.6 Å². The van der Waals surface area contributed by atoms with E-state index in [0.29, 0.717) is 17.2 Å². The van der Waals surface area contributed by atoms with Gasteiger partial charge < -0.3 is 38.3 Å². The first-order valence-electron chi connectivity index (χ1n) is 21.3. The molecule has 342 valence electrons. The molecule has 17 heteroatoms. The van der Waals surface area contributed by atoms with Gasteiger partial charge in [-0.25, -0.2) is 14.4 Å². The van der Waals surface area contributed by atoms with Crippen LogP contribution in [0.5, 0.6) is 11.5 Å². The van der Waals surface area contributed by atoms with Crippen molar-refractivity contribution in [3.05, 3.63) is 159 Å². The van der Waals surface area contributed by atoms with Crippen LogP contribution in [-0.2, 0) is 28.9 Å². The number of benzene rings is 3. The number of imidazole rings is 1. The molecule has 3 aromatic carbocycles. The summed E-state index contributed by atoms with van der Waals surface area (Å²) in [5.74, 6) is 1.01. The Morgan fingerprint density at radius 2 is 1.63 bits per heavy atom. The number of hydrogen-bond acceptors (Lipinski definition) is 12. The number of ether oxygens (including phenoxy) is 4. The molecule has 65 heavy (non-hydrogen) atoms. The normalized spacial score (nSPS) is 17.0. The predicted octanol–water partition coefficient (Wildman–Crippen LogP) is 7.08. The second-order valence-electron chi connectivity index (χ2n) is 15.6. The van der Waals surface area contributed by atoms with Crippen LogP contribution < -0.4 is 26.0 Å². The van der Waals surface area contributed by atoms with Gasteiger partial charge in [0.15, 0.2) is 0 Å². The molecule has 1 unspecified atom stereocenters. The lowest BCUT2D eigenvalue weighted by Crippen LogP contribution is -2.39. The number of nitrogens with one attached hydrogen (secondary N) is 3. The Bertz CT molecular complexity index is 2450. The Hall–Kier alpha value is -6.18. The highest BCUT2D eigenvalue weighted by atomic mass is 31.2. The number of nitrogens with zero attached hydrogens (tertiary/aromatic N) is 4. The summed E-state index contributed by atoms with van der Waals surface area (Å²) >= 11 is 0. The van der Waals surface area contributed by atoms with Crippen LogP contribution in [0.3, 0.4) is 0 Å². The Balaban J connectivity index is 1.36. The van der Waals surface area contributed by atoms with Crippen molar-refractivity contribution in [1.82, 2.24) is 29.5 Å². The van der Waals surface area contributed by atoms with Gasteiger partial charge in [0.1, 0.15) is 29.4 Å². The lowest BCUT2D eigenvalue weighted by molar-refractivity contribution is -0.116. The number of carbonyl (C=O) groups excluding carboxylic acids is 1. The molecule has 1 amide bonds. The highest BCUT2D eigenvalue weighted by Gasteiger charge is 2.45. The van der Waals surface area contributed by atoms with E-state index in [1.54, 1.807) is 32.6 Å². The smallest absolute Gasteiger partial charge is 0.330 e. The lowest BCUT2D eigenvalue weighted by Gasteiger charge is -2.39. The first kappa shape index (κ1) is 48.3. The van der Waals surface area contributed by atoms with E-state index in [-0.39, 0.29) is 56.2 Å². The van der Waals surface area contributed by atoms with Crippen LogP contribution in [-0.4, -0.2) is 88.4 Å². The number of aromatic amines is 2. The van der Waals surface area contributed by atoms with Crippen LogP contribution in [0, 0.1) is 11.3 Å². The maximum atomic E-state index is 13.6. The number of aromatic nitrogens is 4. The van der Waals surface area contributed by atoms with Crippen molar-refractivity contribution in [2.75, 3.05) is 34.0 Å². The molecule has 6 rings (SSSR count). The molecule has 0 saturated carbocycles. The molecule has 2 aromatic heterocycles. The highest BCUT2D eigenvalue weighted by molar-refractivity contribution is 7.44. The maximum absolute atomic E-state index is 13.6. The van der Waals surface area contributed by atoms with Gasteiger partial charge >= 0.3 is 5.69 Å². The first-order valence-corrected chi connectivity index (χ1v) is 22.5. The summed E-state index contributed by atoms with van der Waals surface area (Å²) in [6, 6.07) is 27.4. The number of methoxy groups -OCH3 is 2. The minimum atomic E-state index is -1.75. The topological polar surface area (TPSA) is 195 Å². The summed E-state index contributed by atoms with van der Waals surface area (Å²) in [6.07, 6.45) is 8.58. The molecule has 3 N–H and O–H groups in total. The Labute approximate surface area is 379 Å². The zero-order valence-corrected chi connectivity index (χ0v) is 38.3. The number of nitriles is 1. The lowest BCUT2D eigenvalue weighted by atomic mass is 9.80. The Morgan fingerprint density at radius 3 is 2.22 bits per heavy atom. The van der Waals surface area contributed by atoms with E-state index in [0.717, 1.165) is 16.7 Å². The third kappa shape index (κ3) is 12.1. The van der Waals surface area contributed by atoms with Crippen LogP contribution in [0.25, 0.3) is 12.2 Å². The zero-order chi connectivity index (χ0) is 46.3. The van der Waals surface area contributed by atoms with Crippen molar-refractivity contribution in [2.45, 2.75) is 76.7 Å². The van der Waals surface area contributed by atoms with E-state index in [1.165, 1.54) is 29.2 Å². The fourth-order valence-corrected chi connectivity index (χ4v) is 9.34. The number of carbonyl (C=O) groups is 1. The van der Waals surface area contributed by atoms with Gasteiger partial charge in [0, 0.05) is 37.3 Å². The monoisotopic (exact) mass is 905 g/mol. The molecule has 0 aliphatic carbocycles. The van der Waals surface area contributed by atoms with Crippen molar-refractivity contribution in [1.29, 1.82) is 5.26 Å². The molecular weight excluding hydrogens is 850 g/mol. The molecule has 1 fully saturated rings. The largest absolute Gasteiger partial charge is 0.497 e. The Kier molecular flexibility index (Phi) is 17.2. The van der Waals surface area contributed by atoms with Gasteiger partial charge in [-0.1, -0.05) is 66.7 Å². The summed E-state index contributed by atoms with van der Waals surface area (Å²) in [7, 11) is 1.48. The standard InChI is InChI=1S/C48H56N7O9P/c1-33(2)55(34(3)4)65(62-27-11-25-49)64-42-28-45(54-30-35(46(57)53-47(54)58)12-10-26-51-44(56)24-19-39-29-50-32-52-39)63-43(42)31-61-48(36-13-8-7-9-14-36,37-15-20-40(59-5)21-16-37)38-17-22-41(60-6)23-18-38/h7-10,12-24,29-30,32-34,42-43,45H,11,26-28,31H2,1-6H3,(H,50,52)(H,51,56)(H,53,57,58)/t42-,43+,45+,65?/m0/s1. The van der Waals surface area contributed by atoms with Crippen molar-refractivity contribution >= 4 is 26.6 Å². The molecule has 5 aromatic rings. The SMILES string of the molecule is COc1ccc(C(OC[C@H]2O[C@@H](n3cc(C=CCNC(=O)C=Cc4cnc[nH]4)c(=O)[nH]c3=O)C[C@@H]2OP(OCCC#N)N(C(C)C)C(C)C)(c2ccccc2)c2ccc(OC)cc2)cc1. The van der Waals surface area contributed by atoms with E-state index >= 15 is 0 Å². The van der Waals surface area contributed by atoms with E-state index in [9.17, 15) is 19.6 Å². The zero-order valence-electron chi connectivity index (χ0n) is 37.4. The Morgan fingerprint density at radius 1 is 0.985 bits per heavy atom. The molecule has 0 radical (unpaired) electrons. The molecule has 1 aliphatic heterocycles. The van der Waals surface area contributed by atoms with Crippen LogP contribution in [0.1, 0.15) is 74.7 Å². The van der Waals surface area contributed by atoms with Gasteiger partial charge in [-0.15, -0.1) is 0 Å². The summed E-state index contributed by atoms with van der Waals surface area (Å²) in [6.45, 7) is 8.45. The first-order chi connectivity index (χ1) is 31.5. The molecule has 0 spiro atoms. The van der Waals surface area contributed by atoms with Crippen molar-refractivity contribution in [3.63, 3.8) is 0 Å². The van der Waals surface area contributed by atoms with Gasteiger partial charge in [-0.3, -0.25) is 19.1 Å². The second-order valence-corrected chi connectivity index (χ2v) is 17.0. The van der Waals surface area contributed by atoms with Crippen LogP contribution in [0.4, 0.5) is 0 Å². The van der Waals surface area contributed by atoms with Gasteiger partial charge in [-0.05, 0) is 74.7 Å². The van der Waals surface area contributed by atoms with Crippen molar-refractivity contribution in [2.24, 2.45) is 0 Å². The average molecular weight is 906 g/mol. The summed E-state index contributed by atoms with van der Waals surface area (Å²) in [5.41, 5.74) is 0.827. The van der Waals surface area contributed by atoms with Gasteiger partial charge in [0.05, 0.1) is 69.8 Å². The summed E-state index contributed by atoms with van der Waals surface area (Å²) < 4.78 is 41.9. The van der Waals surface area contributed by atoms with Crippen molar-refractivity contribution < 1.29 is 32.8 Å². The molecule has 16 nitrogen and oxygen atoms in total. The molecular formula is C48H56N7O9P. The number of amides is 1. The maximum Gasteiger partial charge on any atom is 0.330 e. The summed E-state index contributed by atoms with van der Waals surface area (Å²) in [4.78, 5) is 48.3. The van der Waals surface area contributed by atoms with Crippen LogP contribution in [0.2, 0.25) is 0 Å². The fraction of sp³-hybridized carbons (Fsp3) is 0.354. The molecule has 0 bridgehead atoms. The quantitative estimate of drug-likeness (QED) is 0.0277. The van der Waals surface area contributed by atoms with E-state index < -0.39 is 43.8 Å². The van der Waals surface area contributed by atoms with Gasteiger partial charge in [-0.2, -0.15) is 5.26 Å². The van der Waals surface area contributed by atoms with E-state index in [2.05, 4.69) is 58.7 Å². The van der Waals surface area contributed by atoms with Crippen LogP contribution in [0.15, 0.2) is 119 Å². The second kappa shape index (κ2) is 23.1. The third-order valence-corrected chi connectivity index (χ3v) is 12.8. The van der Waals surface area contributed by atoms with E-state index in [1.807, 2.05) is 78.9 Å². The molecule has 4 atom stereocenters. The average Bonchev–Trinajstić information content (AvgIpc) is 3.99.